The van der Waals surface area contributed by atoms with Crippen molar-refractivity contribution in [1.82, 2.24) is 10.4 Å². The highest BCUT2D eigenvalue weighted by molar-refractivity contribution is 5.83. The molecule has 0 bridgehead atoms. The third-order valence-corrected chi connectivity index (χ3v) is 2.62. The summed E-state index contributed by atoms with van der Waals surface area (Å²) >= 11 is 0. The van der Waals surface area contributed by atoms with Crippen molar-refractivity contribution in [3.63, 3.8) is 0 Å². The van der Waals surface area contributed by atoms with Gasteiger partial charge in [0.25, 0.3) is 0 Å². The molecule has 0 aromatic heterocycles. The van der Waals surface area contributed by atoms with E-state index in [1.165, 1.54) is 0 Å². The number of hydrogen-bond donors (Lipinski definition) is 2. The van der Waals surface area contributed by atoms with Gasteiger partial charge in [-0.05, 0) is 54.4 Å². The number of carbonyl (C=O) groups excluding carboxylic acids is 3. The van der Waals surface area contributed by atoms with E-state index in [1.807, 2.05) is 0 Å². The van der Waals surface area contributed by atoms with E-state index >= 15 is 0 Å². The fourth-order valence-electron chi connectivity index (χ4n) is 1.73. The van der Waals surface area contributed by atoms with Gasteiger partial charge in [0.15, 0.2) is 6.04 Å². The van der Waals surface area contributed by atoms with E-state index in [9.17, 15) is 14.4 Å². The van der Waals surface area contributed by atoms with E-state index in [1.54, 1.807) is 41.5 Å². The molecule has 1 atom stereocenters. The fraction of sp³-hybridized carbons (Fsp3) is 0.812. The van der Waals surface area contributed by atoms with E-state index in [2.05, 4.69) is 5.43 Å². The van der Waals surface area contributed by atoms with Gasteiger partial charge in [0.1, 0.15) is 11.2 Å². The monoisotopic (exact) mass is 362 g/mol. The molecule has 1 unspecified atom stereocenters. The number of hydrogen-bond acceptors (Lipinski definition) is 7. The van der Waals surface area contributed by atoms with Crippen LogP contribution in [0.3, 0.4) is 0 Å². The number of rotatable bonds is 5. The molecule has 0 aliphatic rings. The van der Waals surface area contributed by atoms with Crippen molar-refractivity contribution in [2.75, 3.05) is 13.7 Å². The van der Waals surface area contributed by atoms with Gasteiger partial charge in [0.2, 0.25) is 0 Å². The third-order valence-electron chi connectivity index (χ3n) is 2.62. The number of nitrogens with one attached hydrogen (secondary N) is 1. The first kappa shape index (κ1) is 23.0. The molecule has 0 rings (SSSR count). The Hall–Kier alpha value is -2.03. The van der Waals surface area contributed by atoms with Crippen LogP contribution in [-0.2, 0) is 19.0 Å². The van der Waals surface area contributed by atoms with Crippen LogP contribution in [0.15, 0.2) is 0 Å². The van der Waals surface area contributed by atoms with Crippen LogP contribution in [0, 0.1) is 0 Å². The summed E-state index contributed by atoms with van der Waals surface area (Å²) in [5, 5.41) is 9.75. The third kappa shape index (κ3) is 9.75. The summed E-state index contributed by atoms with van der Waals surface area (Å²) in [4.78, 5) is 36.5. The fourth-order valence-corrected chi connectivity index (χ4v) is 1.73. The van der Waals surface area contributed by atoms with Gasteiger partial charge in [-0.25, -0.2) is 24.8 Å². The molecule has 0 aliphatic carbocycles. The summed E-state index contributed by atoms with van der Waals surface area (Å²) in [5.41, 5.74) is 0.595. The zero-order valence-corrected chi connectivity index (χ0v) is 16.0. The highest BCUT2D eigenvalue weighted by atomic mass is 16.6. The lowest BCUT2D eigenvalue weighted by Crippen LogP contribution is -2.57. The van der Waals surface area contributed by atoms with Gasteiger partial charge in [0.05, 0.1) is 7.11 Å². The van der Waals surface area contributed by atoms with Gasteiger partial charge in [-0.3, -0.25) is 0 Å². The molecule has 9 nitrogen and oxygen atoms in total. The lowest BCUT2D eigenvalue weighted by molar-refractivity contribution is -0.148. The minimum atomic E-state index is -1.17. The average molecular weight is 362 g/mol. The van der Waals surface area contributed by atoms with Gasteiger partial charge < -0.3 is 19.3 Å². The Balaban J connectivity index is 5.49. The Bertz CT molecular complexity index is 466. The zero-order valence-electron chi connectivity index (χ0n) is 16.0. The minimum absolute atomic E-state index is 0.0677. The first-order valence-corrected chi connectivity index (χ1v) is 8.01. The Morgan fingerprint density at radius 1 is 1.04 bits per heavy atom. The summed E-state index contributed by atoms with van der Waals surface area (Å²) in [5.74, 6) is -0.754. The molecular weight excluding hydrogens is 332 g/mol. The van der Waals surface area contributed by atoms with Crippen molar-refractivity contribution in [2.24, 2.45) is 0 Å². The Labute approximate surface area is 148 Å². The maximum atomic E-state index is 12.4. The standard InChI is InChI=1S/C16H30N2O7/c1-15(2,3)24-13(21)17-18(14(22)25-16(4,5)6)11(9-8-10-19)12(20)23-7/h11,19H,8-10H2,1-7H3,(H,17,21). The van der Waals surface area contributed by atoms with Gasteiger partial charge in [0, 0.05) is 6.61 Å². The molecule has 2 N–H and O–H groups in total. The van der Waals surface area contributed by atoms with Gasteiger partial charge in [-0.2, -0.15) is 0 Å². The van der Waals surface area contributed by atoms with Crippen LogP contribution in [0.25, 0.3) is 0 Å². The van der Waals surface area contributed by atoms with Crippen molar-refractivity contribution < 1.29 is 33.7 Å². The molecule has 2 amide bonds. The molecular formula is C16H30N2O7. The second-order valence-corrected chi connectivity index (χ2v) is 7.37. The molecule has 0 saturated carbocycles. The zero-order chi connectivity index (χ0) is 19.8. The molecule has 0 aromatic rings. The number of hydrazine groups is 1. The molecule has 25 heavy (non-hydrogen) atoms. The predicted molar refractivity (Wildman–Crippen MR) is 89.6 cm³/mol. The maximum absolute atomic E-state index is 12.4. The van der Waals surface area contributed by atoms with Crippen LogP contribution < -0.4 is 5.43 Å². The number of esters is 1. The highest BCUT2D eigenvalue weighted by Gasteiger charge is 2.36. The number of aliphatic hydroxyl groups excluding tert-OH is 1. The van der Waals surface area contributed by atoms with Crippen LogP contribution in [0.1, 0.15) is 54.4 Å². The Kier molecular flexibility index (Phi) is 8.68. The number of carbonyl (C=O) groups is 3. The van der Waals surface area contributed by atoms with Gasteiger partial charge in [-0.1, -0.05) is 0 Å². The first-order valence-electron chi connectivity index (χ1n) is 8.01. The van der Waals surface area contributed by atoms with Gasteiger partial charge in [-0.15, -0.1) is 0 Å². The SMILES string of the molecule is COC(=O)C(CCCO)N(NC(=O)OC(C)(C)C)C(=O)OC(C)(C)C. The summed E-state index contributed by atoms with van der Waals surface area (Å²) < 4.78 is 15.0. The predicted octanol–water partition coefficient (Wildman–Crippen LogP) is 1.98. The molecule has 0 fully saturated rings. The molecule has 0 saturated heterocycles. The first-order chi connectivity index (χ1) is 11.3. The quantitative estimate of drug-likeness (QED) is 0.436. The second kappa shape index (κ2) is 9.45. The van der Waals surface area contributed by atoms with Crippen molar-refractivity contribution >= 4 is 18.2 Å². The van der Waals surface area contributed by atoms with Crippen molar-refractivity contribution in [3.05, 3.63) is 0 Å². The second-order valence-electron chi connectivity index (χ2n) is 7.37. The number of ether oxygens (including phenoxy) is 3. The smallest absolute Gasteiger partial charge is 0.430 e. The van der Waals surface area contributed by atoms with Crippen molar-refractivity contribution in [1.29, 1.82) is 0 Å². The molecule has 9 heteroatoms. The van der Waals surface area contributed by atoms with Crippen LogP contribution in [-0.4, -0.2) is 59.2 Å². The van der Waals surface area contributed by atoms with E-state index < -0.39 is 35.4 Å². The van der Waals surface area contributed by atoms with Crippen molar-refractivity contribution in [2.45, 2.75) is 71.6 Å². The summed E-state index contributed by atoms with van der Waals surface area (Å²) in [6.07, 6.45) is -1.57. The van der Waals surface area contributed by atoms with Crippen LogP contribution >= 0.6 is 0 Å². The molecule has 0 aliphatic heterocycles. The molecule has 0 radical (unpaired) electrons. The topological polar surface area (TPSA) is 114 Å². The summed E-state index contributed by atoms with van der Waals surface area (Å²) in [7, 11) is 1.16. The number of methoxy groups -OCH3 is 1. The lowest BCUT2D eigenvalue weighted by Gasteiger charge is -2.32. The normalized spacial score (nSPS) is 12.8. The Morgan fingerprint density at radius 2 is 1.56 bits per heavy atom. The van der Waals surface area contributed by atoms with Crippen LogP contribution in [0.5, 0.6) is 0 Å². The molecule has 0 spiro atoms. The van der Waals surface area contributed by atoms with Crippen LogP contribution in [0.4, 0.5) is 9.59 Å². The van der Waals surface area contributed by atoms with Crippen LogP contribution in [0.2, 0.25) is 0 Å². The summed E-state index contributed by atoms with van der Waals surface area (Å²) in [6, 6.07) is -1.17. The number of nitrogens with zero attached hydrogens (tertiary/aromatic N) is 1. The van der Waals surface area contributed by atoms with Gasteiger partial charge >= 0.3 is 18.2 Å². The van der Waals surface area contributed by atoms with E-state index in [-0.39, 0.29) is 19.4 Å². The largest absolute Gasteiger partial charge is 0.467 e. The molecule has 0 heterocycles. The summed E-state index contributed by atoms with van der Waals surface area (Å²) in [6.45, 7) is 9.74. The average Bonchev–Trinajstić information content (AvgIpc) is 2.42. The molecule has 146 valence electrons. The highest BCUT2D eigenvalue weighted by Crippen LogP contribution is 2.15. The van der Waals surface area contributed by atoms with Crippen molar-refractivity contribution in [3.8, 4) is 0 Å². The maximum Gasteiger partial charge on any atom is 0.430 e. The number of aliphatic hydroxyl groups is 1. The van der Waals surface area contributed by atoms with E-state index in [0.29, 0.717) is 0 Å². The van der Waals surface area contributed by atoms with E-state index in [0.717, 1.165) is 12.1 Å². The number of amides is 2. The lowest BCUT2D eigenvalue weighted by atomic mass is 10.1. The van der Waals surface area contributed by atoms with E-state index in [4.69, 9.17) is 19.3 Å². The Morgan fingerprint density at radius 3 is 1.96 bits per heavy atom. The minimum Gasteiger partial charge on any atom is -0.467 e. The molecule has 0 aromatic carbocycles.